The van der Waals surface area contributed by atoms with Gasteiger partial charge >= 0.3 is 5.97 Å². The average molecular weight is 502 g/mol. The van der Waals surface area contributed by atoms with Crippen molar-refractivity contribution in [2.24, 2.45) is 0 Å². The number of hydrogen-bond acceptors (Lipinski definition) is 5. The molecular weight excluding hydrogens is 478 g/mol. The van der Waals surface area contributed by atoms with Crippen LogP contribution >= 0.6 is 27.3 Å². The minimum absolute atomic E-state index is 0.165. The van der Waals surface area contributed by atoms with Gasteiger partial charge in [-0.3, -0.25) is 4.79 Å². The van der Waals surface area contributed by atoms with Gasteiger partial charge < -0.3 is 14.8 Å². The number of rotatable bonds is 8. The van der Waals surface area contributed by atoms with Crippen LogP contribution in [-0.4, -0.2) is 25.6 Å². The molecule has 0 aliphatic carbocycles. The molecule has 2 aromatic carbocycles. The zero-order valence-corrected chi connectivity index (χ0v) is 20.1. The highest BCUT2D eigenvalue weighted by atomic mass is 79.9. The predicted molar refractivity (Wildman–Crippen MR) is 128 cm³/mol. The van der Waals surface area contributed by atoms with E-state index in [4.69, 9.17) is 9.47 Å². The van der Waals surface area contributed by atoms with Gasteiger partial charge in [-0.05, 0) is 49.6 Å². The molecule has 0 aliphatic heterocycles. The van der Waals surface area contributed by atoms with E-state index >= 15 is 0 Å². The summed E-state index contributed by atoms with van der Waals surface area (Å²) in [7, 11) is 1.34. The summed E-state index contributed by atoms with van der Waals surface area (Å²) in [4.78, 5) is 26.0. The summed E-state index contributed by atoms with van der Waals surface area (Å²) in [6, 6.07) is 15.5. The lowest BCUT2D eigenvalue weighted by molar-refractivity contribution is -0.116. The maximum absolute atomic E-state index is 12.5. The SMILES string of the molecule is COC(=O)c1c(NC(=O)CCCOc2ccccc2C)sc(C)c1-c1ccc(Br)cc1. The van der Waals surface area contributed by atoms with Crippen LogP contribution in [0.1, 0.15) is 33.6 Å². The number of para-hydroxylation sites is 1. The Labute approximate surface area is 194 Å². The standard InChI is InChI=1S/C24H24BrNO4S/c1-15-7-4-5-8-19(15)30-14-6-9-20(27)26-23-22(24(28)29-3)21(16(2)31-23)17-10-12-18(25)13-11-17/h4-5,7-8,10-13H,6,9,14H2,1-3H3,(H,26,27). The van der Waals surface area contributed by atoms with Crippen LogP contribution in [0.2, 0.25) is 0 Å². The molecule has 0 aliphatic rings. The first-order valence-electron chi connectivity index (χ1n) is 9.86. The second-order valence-corrected chi connectivity index (χ2v) is 9.14. The van der Waals surface area contributed by atoms with E-state index in [1.165, 1.54) is 18.4 Å². The van der Waals surface area contributed by atoms with Gasteiger partial charge in [0.25, 0.3) is 0 Å². The van der Waals surface area contributed by atoms with E-state index in [2.05, 4.69) is 21.2 Å². The number of amides is 1. The number of nitrogens with one attached hydrogen (secondary N) is 1. The molecule has 0 atom stereocenters. The molecule has 0 saturated carbocycles. The summed E-state index contributed by atoms with van der Waals surface area (Å²) in [5.74, 6) is 0.187. The maximum atomic E-state index is 12.5. The molecule has 0 fully saturated rings. The van der Waals surface area contributed by atoms with Crippen LogP contribution in [0.25, 0.3) is 11.1 Å². The Morgan fingerprint density at radius 3 is 2.45 bits per heavy atom. The second-order valence-electron chi connectivity index (χ2n) is 7.00. The van der Waals surface area contributed by atoms with Gasteiger partial charge in [-0.15, -0.1) is 11.3 Å². The molecule has 0 unspecified atom stereocenters. The van der Waals surface area contributed by atoms with Gasteiger partial charge in [0.1, 0.15) is 16.3 Å². The Kier molecular flexibility index (Phi) is 7.87. The molecule has 7 heteroatoms. The van der Waals surface area contributed by atoms with E-state index in [0.29, 0.717) is 23.6 Å². The van der Waals surface area contributed by atoms with Crippen LogP contribution in [0, 0.1) is 13.8 Å². The number of halogens is 1. The number of hydrogen-bond donors (Lipinski definition) is 1. The Morgan fingerprint density at radius 1 is 1.06 bits per heavy atom. The number of thiophene rings is 1. The molecule has 1 amide bonds. The topological polar surface area (TPSA) is 64.6 Å². The van der Waals surface area contributed by atoms with Gasteiger partial charge in [0.05, 0.1) is 13.7 Å². The molecule has 31 heavy (non-hydrogen) atoms. The molecule has 1 N–H and O–H groups in total. The zero-order chi connectivity index (χ0) is 22.4. The van der Waals surface area contributed by atoms with Crippen LogP contribution < -0.4 is 10.1 Å². The van der Waals surface area contributed by atoms with Crippen molar-refractivity contribution >= 4 is 44.1 Å². The third-order valence-corrected chi connectivity index (χ3v) is 6.31. The molecule has 0 spiro atoms. The zero-order valence-electron chi connectivity index (χ0n) is 17.7. The average Bonchev–Trinajstić information content (AvgIpc) is 3.07. The van der Waals surface area contributed by atoms with E-state index in [9.17, 15) is 9.59 Å². The lowest BCUT2D eigenvalue weighted by Crippen LogP contribution is -2.15. The summed E-state index contributed by atoms with van der Waals surface area (Å²) in [5, 5.41) is 3.40. The third-order valence-electron chi connectivity index (χ3n) is 4.76. The number of benzene rings is 2. The molecule has 0 saturated heterocycles. The van der Waals surface area contributed by atoms with Crippen LogP contribution in [0.15, 0.2) is 53.0 Å². The van der Waals surface area contributed by atoms with Crippen molar-refractivity contribution in [2.45, 2.75) is 26.7 Å². The molecule has 0 radical (unpaired) electrons. The van der Waals surface area contributed by atoms with E-state index in [-0.39, 0.29) is 12.3 Å². The molecule has 162 valence electrons. The maximum Gasteiger partial charge on any atom is 0.341 e. The van der Waals surface area contributed by atoms with Crippen LogP contribution in [0.3, 0.4) is 0 Å². The number of esters is 1. The first-order chi connectivity index (χ1) is 14.9. The van der Waals surface area contributed by atoms with Crippen molar-refractivity contribution in [1.29, 1.82) is 0 Å². The van der Waals surface area contributed by atoms with Crippen molar-refractivity contribution in [1.82, 2.24) is 0 Å². The van der Waals surface area contributed by atoms with Gasteiger partial charge in [0.15, 0.2) is 0 Å². The fourth-order valence-electron chi connectivity index (χ4n) is 3.22. The largest absolute Gasteiger partial charge is 0.493 e. The molecule has 5 nitrogen and oxygen atoms in total. The summed E-state index contributed by atoms with van der Waals surface area (Å²) in [6.45, 7) is 4.36. The van der Waals surface area contributed by atoms with E-state index < -0.39 is 5.97 Å². The molecule has 3 rings (SSSR count). The second kappa shape index (κ2) is 10.6. The summed E-state index contributed by atoms with van der Waals surface area (Å²) in [5.41, 5.74) is 3.12. The van der Waals surface area contributed by atoms with Gasteiger partial charge in [-0.2, -0.15) is 0 Å². The predicted octanol–water partition coefficient (Wildman–Crippen LogP) is 6.38. The summed E-state index contributed by atoms with van der Waals surface area (Å²) in [6.07, 6.45) is 0.856. The van der Waals surface area contributed by atoms with Crippen LogP contribution in [0.5, 0.6) is 5.75 Å². The van der Waals surface area contributed by atoms with E-state index in [1.54, 1.807) is 0 Å². The third kappa shape index (κ3) is 5.74. The quantitative estimate of drug-likeness (QED) is 0.287. The fraction of sp³-hybridized carbons (Fsp3) is 0.250. The van der Waals surface area contributed by atoms with E-state index in [0.717, 1.165) is 31.8 Å². The summed E-state index contributed by atoms with van der Waals surface area (Å²) < 4.78 is 11.7. The molecule has 0 bridgehead atoms. The number of carbonyl (C=O) groups is 2. The number of methoxy groups -OCH3 is 1. The van der Waals surface area contributed by atoms with Crippen molar-refractivity contribution in [3.63, 3.8) is 0 Å². The number of ether oxygens (including phenoxy) is 2. The van der Waals surface area contributed by atoms with Gasteiger partial charge in [-0.1, -0.05) is 46.3 Å². The van der Waals surface area contributed by atoms with Crippen molar-refractivity contribution in [2.75, 3.05) is 19.0 Å². The van der Waals surface area contributed by atoms with Crippen molar-refractivity contribution in [3.05, 3.63) is 69.0 Å². The van der Waals surface area contributed by atoms with Crippen LogP contribution in [-0.2, 0) is 9.53 Å². The van der Waals surface area contributed by atoms with E-state index in [1.807, 2.05) is 62.4 Å². The Hall–Kier alpha value is -2.64. The van der Waals surface area contributed by atoms with Crippen molar-refractivity contribution < 1.29 is 19.1 Å². The number of carbonyl (C=O) groups excluding carboxylic acids is 2. The molecule has 3 aromatic rings. The minimum atomic E-state index is -0.472. The highest BCUT2D eigenvalue weighted by Gasteiger charge is 2.25. The van der Waals surface area contributed by atoms with Gasteiger partial charge in [0, 0.05) is 21.3 Å². The van der Waals surface area contributed by atoms with Gasteiger partial charge in [-0.25, -0.2) is 4.79 Å². The van der Waals surface area contributed by atoms with Gasteiger partial charge in [0.2, 0.25) is 5.91 Å². The normalized spacial score (nSPS) is 10.6. The lowest BCUT2D eigenvalue weighted by Gasteiger charge is -2.10. The molecule has 1 aromatic heterocycles. The Morgan fingerprint density at radius 2 is 1.77 bits per heavy atom. The monoisotopic (exact) mass is 501 g/mol. The number of aryl methyl sites for hydroxylation is 2. The smallest absolute Gasteiger partial charge is 0.341 e. The fourth-order valence-corrected chi connectivity index (χ4v) is 4.56. The minimum Gasteiger partial charge on any atom is -0.493 e. The Bertz CT molecular complexity index is 1080. The molecule has 1 heterocycles. The molecular formula is C24H24BrNO4S. The lowest BCUT2D eigenvalue weighted by atomic mass is 10.0. The van der Waals surface area contributed by atoms with Crippen LogP contribution in [0.4, 0.5) is 5.00 Å². The number of anilines is 1. The first kappa shape index (κ1) is 23.0. The van der Waals surface area contributed by atoms with Crippen molar-refractivity contribution in [3.8, 4) is 16.9 Å². The summed E-state index contributed by atoms with van der Waals surface area (Å²) >= 11 is 4.80. The first-order valence-corrected chi connectivity index (χ1v) is 11.5. The Balaban J connectivity index is 1.69. The highest BCUT2D eigenvalue weighted by Crippen LogP contribution is 2.40. The highest BCUT2D eigenvalue weighted by molar-refractivity contribution is 9.10.